The number of hydrogen-bond donors (Lipinski definition) is 0. The molecule has 0 spiro atoms. The van der Waals surface area contributed by atoms with Crippen molar-refractivity contribution in [3.63, 3.8) is 0 Å². The van der Waals surface area contributed by atoms with Gasteiger partial charge in [-0.25, -0.2) is 4.79 Å². The van der Waals surface area contributed by atoms with Crippen molar-refractivity contribution in [1.82, 2.24) is 0 Å². The maximum atomic E-state index is 11.6. The van der Waals surface area contributed by atoms with Gasteiger partial charge >= 0.3 is 11.9 Å². The molecule has 1 aromatic rings. The van der Waals surface area contributed by atoms with Gasteiger partial charge in [0.2, 0.25) is 0 Å². The van der Waals surface area contributed by atoms with Crippen LogP contribution in [0.15, 0.2) is 12.1 Å². The molecule has 23 heavy (non-hydrogen) atoms. The Labute approximate surface area is 132 Å². The quantitative estimate of drug-likeness (QED) is 0.307. The lowest BCUT2D eigenvalue weighted by atomic mass is 10.1. The highest BCUT2D eigenvalue weighted by Gasteiger charge is 2.25. The molecule has 0 N–H and O–H groups in total. The fourth-order valence-corrected chi connectivity index (χ4v) is 1.75. The second kappa shape index (κ2) is 8.57. The summed E-state index contributed by atoms with van der Waals surface area (Å²) < 4.78 is 19.5. The average molecular weight is 327 g/mol. The first-order valence-corrected chi connectivity index (χ1v) is 6.59. The number of benzene rings is 1. The van der Waals surface area contributed by atoms with Crippen LogP contribution in [0.5, 0.6) is 11.5 Å². The van der Waals surface area contributed by atoms with Crippen LogP contribution in [0.1, 0.15) is 23.2 Å². The average Bonchev–Trinajstić information content (AvgIpc) is 2.56. The SMILES string of the molecule is COC(=O)CCCOc1cc([N+](=O)[O-])c(C(=O)OC)cc1OC. The molecule has 0 aliphatic carbocycles. The van der Waals surface area contributed by atoms with Crippen LogP contribution in [-0.4, -0.2) is 44.8 Å². The minimum absolute atomic E-state index is 0.0942. The van der Waals surface area contributed by atoms with Crippen molar-refractivity contribution in [1.29, 1.82) is 0 Å². The van der Waals surface area contributed by atoms with E-state index in [0.29, 0.717) is 6.42 Å². The Morgan fingerprint density at radius 2 is 1.83 bits per heavy atom. The van der Waals surface area contributed by atoms with Crippen LogP contribution in [-0.2, 0) is 14.3 Å². The second-order valence-corrected chi connectivity index (χ2v) is 4.30. The van der Waals surface area contributed by atoms with Crippen LogP contribution in [0.4, 0.5) is 5.69 Å². The molecule has 0 fully saturated rings. The Balaban J connectivity index is 2.98. The van der Waals surface area contributed by atoms with E-state index in [1.54, 1.807) is 0 Å². The smallest absolute Gasteiger partial charge is 0.345 e. The predicted octanol–water partition coefficient (Wildman–Crippen LogP) is 1.72. The topological polar surface area (TPSA) is 114 Å². The van der Waals surface area contributed by atoms with Crippen molar-refractivity contribution in [3.8, 4) is 11.5 Å². The summed E-state index contributed by atoms with van der Waals surface area (Å²) in [5, 5.41) is 11.1. The first kappa shape index (κ1) is 18.2. The normalized spacial score (nSPS) is 9.87. The lowest BCUT2D eigenvalue weighted by Gasteiger charge is -2.12. The summed E-state index contributed by atoms with van der Waals surface area (Å²) in [5.41, 5.74) is -0.697. The Morgan fingerprint density at radius 1 is 1.13 bits per heavy atom. The van der Waals surface area contributed by atoms with Crippen LogP contribution >= 0.6 is 0 Å². The van der Waals surface area contributed by atoms with Crippen molar-refractivity contribution < 1.29 is 33.5 Å². The van der Waals surface area contributed by atoms with Crippen LogP contribution in [0, 0.1) is 10.1 Å². The first-order chi connectivity index (χ1) is 10.9. The fraction of sp³-hybridized carbons (Fsp3) is 0.429. The summed E-state index contributed by atoms with van der Waals surface area (Å²) in [4.78, 5) is 33.0. The molecule has 1 aromatic carbocycles. The second-order valence-electron chi connectivity index (χ2n) is 4.30. The van der Waals surface area contributed by atoms with Crippen molar-refractivity contribution in [2.75, 3.05) is 27.9 Å². The van der Waals surface area contributed by atoms with E-state index in [0.717, 1.165) is 13.2 Å². The number of ether oxygens (including phenoxy) is 4. The third kappa shape index (κ3) is 4.83. The molecule has 0 amide bonds. The van der Waals surface area contributed by atoms with E-state index in [1.807, 2.05) is 0 Å². The lowest BCUT2D eigenvalue weighted by molar-refractivity contribution is -0.385. The summed E-state index contributed by atoms with van der Waals surface area (Å²) in [7, 11) is 3.74. The molecule has 0 aliphatic heterocycles. The number of hydrogen-bond acceptors (Lipinski definition) is 8. The minimum Gasteiger partial charge on any atom is -0.493 e. The van der Waals surface area contributed by atoms with Gasteiger partial charge in [0.05, 0.1) is 38.9 Å². The van der Waals surface area contributed by atoms with E-state index >= 15 is 0 Å². The zero-order chi connectivity index (χ0) is 17.4. The third-order valence-corrected chi connectivity index (χ3v) is 2.89. The molecule has 9 nitrogen and oxygen atoms in total. The first-order valence-electron chi connectivity index (χ1n) is 6.59. The van der Waals surface area contributed by atoms with Crippen molar-refractivity contribution in [2.45, 2.75) is 12.8 Å². The van der Waals surface area contributed by atoms with Crippen LogP contribution < -0.4 is 9.47 Å². The molecule has 0 unspecified atom stereocenters. The van der Waals surface area contributed by atoms with E-state index in [-0.39, 0.29) is 36.1 Å². The van der Waals surface area contributed by atoms with Crippen molar-refractivity contribution in [2.24, 2.45) is 0 Å². The molecule has 0 saturated heterocycles. The molecular formula is C14H17NO8. The van der Waals surface area contributed by atoms with E-state index < -0.39 is 16.6 Å². The number of nitro benzene ring substituents is 1. The molecule has 1 rings (SSSR count). The molecule has 0 radical (unpaired) electrons. The maximum absolute atomic E-state index is 11.6. The summed E-state index contributed by atoms with van der Waals surface area (Å²) in [6.45, 7) is 0.125. The van der Waals surface area contributed by atoms with Gasteiger partial charge in [0.1, 0.15) is 5.56 Å². The Morgan fingerprint density at radius 3 is 2.35 bits per heavy atom. The molecule has 126 valence electrons. The standard InChI is InChI=1S/C14H17NO8/c1-20-11-7-9(14(17)22-3)10(15(18)19)8-12(11)23-6-4-5-13(16)21-2/h7-8H,4-6H2,1-3H3. The summed E-state index contributed by atoms with van der Waals surface area (Å²) in [6, 6.07) is 2.27. The summed E-state index contributed by atoms with van der Waals surface area (Å²) in [5.74, 6) is -0.995. The van der Waals surface area contributed by atoms with Gasteiger partial charge in [-0.2, -0.15) is 0 Å². The molecule has 0 aromatic heterocycles. The van der Waals surface area contributed by atoms with Gasteiger partial charge in [-0.05, 0) is 6.42 Å². The highest BCUT2D eigenvalue weighted by Crippen LogP contribution is 2.35. The zero-order valence-electron chi connectivity index (χ0n) is 13.0. The monoisotopic (exact) mass is 327 g/mol. The van der Waals surface area contributed by atoms with Crippen molar-refractivity contribution in [3.05, 3.63) is 27.8 Å². The Bertz CT molecular complexity index is 599. The van der Waals surface area contributed by atoms with E-state index in [1.165, 1.54) is 20.3 Å². The third-order valence-electron chi connectivity index (χ3n) is 2.89. The number of carbonyl (C=O) groups excluding carboxylic acids is 2. The van der Waals surface area contributed by atoms with Gasteiger partial charge in [-0.15, -0.1) is 0 Å². The number of nitro groups is 1. The van der Waals surface area contributed by atoms with Crippen LogP contribution in [0.25, 0.3) is 0 Å². The van der Waals surface area contributed by atoms with Crippen LogP contribution in [0.3, 0.4) is 0 Å². The molecule has 0 heterocycles. The van der Waals surface area contributed by atoms with E-state index in [2.05, 4.69) is 9.47 Å². The molecule has 0 atom stereocenters. The summed E-state index contributed by atoms with van der Waals surface area (Å²) in [6.07, 6.45) is 0.517. The highest BCUT2D eigenvalue weighted by molar-refractivity contribution is 5.94. The van der Waals surface area contributed by atoms with Gasteiger partial charge in [0, 0.05) is 12.5 Å². The Kier molecular flexibility index (Phi) is 6.78. The van der Waals surface area contributed by atoms with E-state index in [9.17, 15) is 19.7 Å². The highest BCUT2D eigenvalue weighted by atomic mass is 16.6. The van der Waals surface area contributed by atoms with Gasteiger partial charge in [-0.1, -0.05) is 0 Å². The maximum Gasteiger partial charge on any atom is 0.345 e. The van der Waals surface area contributed by atoms with Crippen molar-refractivity contribution >= 4 is 17.6 Å². The van der Waals surface area contributed by atoms with Gasteiger partial charge < -0.3 is 18.9 Å². The number of rotatable bonds is 8. The zero-order valence-corrected chi connectivity index (χ0v) is 13.0. The number of esters is 2. The number of carbonyl (C=O) groups is 2. The predicted molar refractivity (Wildman–Crippen MR) is 77.7 cm³/mol. The molecule has 9 heteroatoms. The lowest BCUT2D eigenvalue weighted by Crippen LogP contribution is -2.08. The largest absolute Gasteiger partial charge is 0.493 e. The fourth-order valence-electron chi connectivity index (χ4n) is 1.75. The minimum atomic E-state index is -0.854. The van der Waals surface area contributed by atoms with Crippen LogP contribution in [0.2, 0.25) is 0 Å². The molecule has 0 aliphatic rings. The van der Waals surface area contributed by atoms with E-state index in [4.69, 9.17) is 9.47 Å². The number of methoxy groups -OCH3 is 3. The van der Waals surface area contributed by atoms with Gasteiger partial charge in [0.25, 0.3) is 5.69 Å². The molecule has 0 bridgehead atoms. The molecular weight excluding hydrogens is 310 g/mol. The number of nitrogens with zero attached hydrogens (tertiary/aromatic N) is 1. The van der Waals surface area contributed by atoms with Gasteiger partial charge in [-0.3, -0.25) is 14.9 Å². The van der Waals surface area contributed by atoms with Gasteiger partial charge in [0.15, 0.2) is 11.5 Å². The Hall–Kier alpha value is -2.84. The molecule has 0 saturated carbocycles. The summed E-state index contributed by atoms with van der Waals surface area (Å²) >= 11 is 0.